The molecular weight excluding hydrogens is 391 g/mol. The van der Waals surface area contributed by atoms with Gasteiger partial charge in [0, 0.05) is 44.0 Å². The lowest BCUT2D eigenvalue weighted by Crippen LogP contribution is -2.48. The van der Waals surface area contributed by atoms with Crippen molar-refractivity contribution in [3.8, 4) is 0 Å². The van der Waals surface area contributed by atoms with Crippen molar-refractivity contribution < 1.29 is 12.8 Å². The lowest BCUT2D eigenvalue weighted by atomic mass is 10.1. The van der Waals surface area contributed by atoms with E-state index < -0.39 is 10.0 Å². The van der Waals surface area contributed by atoms with E-state index >= 15 is 0 Å². The average Bonchev–Trinajstić information content (AvgIpc) is 2.70. The third-order valence-electron chi connectivity index (χ3n) is 5.03. The summed E-state index contributed by atoms with van der Waals surface area (Å²) < 4.78 is 40.2. The molecule has 0 spiro atoms. The number of aromatic nitrogens is 1. The smallest absolute Gasteiger partial charge is 0.214 e. The van der Waals surface area contributed by atoms with Crippen LogP contribution in [0.25, 0.3) is 0 Å². The quantitative estimate of drug-likeness (QED) is 0.660. The number of hydrogen-bond acceptors (Lipinski definition) is 4. The van der Waals surface area contributed by atoms with E-state index in [0.717, 1.165) is 16.9 Å². The van der Waals surface area contributed by atoms with Crippen LogP contribution in [0.5, 0.6) is 0 Å². The molecule has 3 rings (SSSR count). The van der Waals surface area contributed by atoms with E-state index in [2.05, 4.69) is 15.2 Å². The van der Waals surface area contributed by atoms with Crippen LogP contribution in [-0.4, -0.2) is 54.5 Å². The fourth-order valence-electron chi connectivity index (χ4n) is 3.39. The fraction of sp³-hybridized carbons (Fsp3) is 0.476. The summed E-state index contributed by atoms with van der Waals surface area (Å²) in [5.41, 5.74) is 3.19. The Kier molecular flexibility index (Phi) is 7.21. The molecule has 29 heavy (non-hydrogen) atoms. The van der Waals surface area contributed by atoms with E-state index in [1.165, 1.54) is 6.07 Å². The summed E-state index contributed by atoms with van der Waals surface area (Å²) in [7, 11) is -3.14. The molecule has 0 N–H and O–H groups in total. The first kappa shape index (κ1) is 21.7. The van der Waals surface area contributed by atoms with Gasteiger partial charge in [0.05, 0.1) is 24.2 Å². The Bertz CT molecular complexity index is 911. The number of rotatable bonds is 8. The average molecular weight is 420 g/mol. The Labute approximate surface area is 172 Å². The van der Waals surface area contributed by atoms with E-state index in [-0.39, 0.29) is 18.1 Å². The molecule has 1 aliphatic rings. The third kappa shape index (κ3) is 5.98. The zero-order chi connectivity index (χ0) is 20.9. The molecule has 1 saturated heterocycles. The highest BCUT2D eigenvalue weighted by Crippen LogP contribution is 2.17. The molecule has 1 aliphatic heterocycles. The molecule has 0 aliphatic carbocycles. The number of benzene rings is 1. The van der Waals surface area contributed by atoms with E-state index in [4.69, 9.17) is 0 Å². The normalized spacial score (nSPS) is 16.1. The summed E-state index contributed by atoms with van der Waals surface area (Å²) in [6.07, 6.45) is 2.31. The van der Waals surface area contributed by atoms with Crippen LogP contribution in [0.2, 0.25) is 0 Å². The maximum atomic E-state index is 14.2. The molecule has 6 nitrogen and oxygen atoms in total. The van der Waals surface area contributed by atoms with Gasteiger partial charge in [0.25, 0.3) is 0 Å². The molecule has 8 heteroatoms. The number of hydrogen-bond donors (Lipinski definition) is 0. The van der Waals surface area contributed by atoms with Gasteiger partial charge in [0.15, 0.2) is 0 Å². The molecule has 0 saturated carbocycles. The molecule has 2 heterocycles. The molecule has 1 fully saturated rings. The predicted molar refractivity (Wildman–Crippen MR) is 112 cm³/mol. The first-order valence-electron chi connectivity index (χ1n) is 9.95. The topological polar surface area (TPSA) is 67.6 Å². The molecule has 1 aromatic carbocycles. The predicted octanol–water partition coefficient (Wildman–Crippen LogP) is 2.82. The highest BCUT2D eigenvalue weighted by molar-refractivity contribution is 7.89. The van der Waals surface area contributed by atoms with Crippen molar-refractivity contribution in [3.05, 3.63) is 59.2 Å². The molecule has 1 radical (unpaired) electrons. The first-order valence-corrected chi connectivity index (χ1v) is 11.6. The van der Waals surface area contributed by atoms with Gasteiger partial charge < -0.3 is 0 Å². The highest BCUT2D eigenvalue weighted by atomic mass is 32.2. The van der Waals surface area contributed by atoms with Crippen molar-refractivity contribution in [3.63, 3.8) is 0 Å². The van der Waals surface area contributed by atoms with Gasteiger partial charge in [0.2, 0.25) is 10.0 Å². The van der Waals surface area contributed by atoms with Crippen LogP contribution in [0.15, 0.2) is 36.5 Å². The highest BCUT2D eigenvalue weighted by Gasteiger charge is 2.26. The second-order valence-corrected chi connectivity index (χ2v) is 9.48. The van der Waals surface area contributed by atoms with Crippen molar-refractivity contribution in [2.75, 3.05) is 31.9 Å². The molecule has 0 amide bonds. The number of nitrogens with zero attached hydrogens (tertiary/aromatic N) is 4. The lowest BCUT2D eigenvalue weighted by molar-refractivity contribution is 0.181. The Morgan fingerprint density at radius 1 is 1.14 bits per heavy atom. The summed E-state index contributed by atoms with van der Waals surface area (Å²) >= 11 is 0. The molecule has 1 aromatic heterocycles. The molecular formula is C21H28FN4O2S. The Morgan fingerprint density at radius 3 is 2.55 bits per heavy atom. The zero-order valence-electron chi connectivity index (χ0n) is 17.0. The summed E-state index contributed by atoms with van der Waals surface area (Å²) in [4.78, 5) is 6.41. The maximum Gasteiger partial charge on any atom is 0.214 e. The monoisotopic (exact) mass is 419 g/mol. The van der Waals surface area contributed by atoms with E-state index in [1.54, 1.807) is 16.6 Å². The summed E-state index contributed by atoms with van der Waals surface area (Å²) in [6.45, 7) is 7.07. The zero-order valence-corrected chi connectivity index (χ0v) is 17.8. The lowest BCUT2D eigenvalue weighted by Gasteiger charge is -2.34. The number of pyridine rings is 1. The Hall–Kier alpha value is -2.03. The number of piperazine rings is 1. The minimum atomic E-state index is -3.14. The van der Waals surface area contributed by atoms with Crippen molar-refractivity contribution in [2.45, 2.75) is 33.4 Å². The fourth-order valence-corrected chi connectivity index (χ4v) is 4.88. The van der Waals surface area contributed by atoms with E-state index in [9.17, 15) is 12.8 Å². The van der Waals surface area contributed by atoms with Gasteiger partial charge >= 0.3 is 0 Å². The van der Waals surface area contributed by atoms with Crippen LogP contribution >= 0.6 is 0 Å². The summed E-state index contributed by atoms with van der Waals surface area (Å²) in [5, 5.41) is 4.43. The van der Waals surface area contributed by atoms with Crippen LogP contribution in [0.4, 0.5) is 10.1 Å². The molecule has 0 bridgehead atoms. The molecule has 0 unspecified atom stereocenters. The maximum absolute atomic E-state index is 14.2. The van der Waals surface area contributed by atoms with Crippen LogP contribution in [0.1, 0.15) is 30.2 Å². The molecule has 157 valence electrons. The summed E-state index contributed by atoms with van der Waals surface area (Å²) in [5.74, 6) is -0.0676. The second-order valence-electron chi connectivity index (χ2n) is 7.39. The minimum absolute atomic E-state index is 0.203. The van der Waals surface area contributed by atoms with Gasteiger partial charge in [-0.05, 0) is 43.2 Å². The van der Waals surface area contributed by atoms with Crippen LogP contribution in [-0.2, 0) is 23.1 Å². The first-order chi connectivity index (χ1) is 13.9. The van der Waals surface area contributed by atoms with Crippen molar-refractivity contribution in [1.82, 2.24) is 19.5 Å². The third-order valence-corrected chi connectivity index (χ3v) is 7.11. The minimum Gasteiger partial charge on any atom is -0.296 e. The van der Waals surface area contributed by atoms with Crippen molar-refractivity contribution >= 4 is 15.7 Å². The number of sulfonamides is 1. The van der Waals surface area contributed by atoms with Crippen molar-refractivity contribution in [2.24, 2.45) is 0 Å². The van der Waals surface area contributed by atoms with Gasteiger partial charge in [-0.15, -0.1) is 0 Å². The standard InChI is InChI=1S/C21H28FN4O2S/c1-3-12-29(27,28)26-10-8-25(9-11-26)16-18-5-7-21(22)19(13-18)14-24-20-6-4-17(2)23-15-20/h4-7,13,15H,3,8-12,14,16H2,1-2H3. The SMILES string of the molecule is CCCS(=O)(=O)N1CCN(Cc2ccc(F)c(C[N]c3ccc(C)nc3)c2)CC1. The Morgan fingerprint density at radius 2 is 1.90 bits per heavy atom. The van der Waals surface area contributed by atoms with Gasteiger partial charge in [-0.3, -0.25) is 15.2 Å². The molecule has 0 atom stereocenters. The van der Waals surface area contributed by atoms with Crippen molar-refractivity contribution in [1.29, 1.82) is 0 Å². The number of halogens is 1. The van der Waals surface area contributed by atoms with Gasteiger partial charge in [0.1, 0.15) is 5.82 Å². The van der Waals surface area contributed by atoms with E-state index in [0.29, 0.717) is 44.7 Å². The second kappa shape index (κ2) is 9.65. The molecule has 2 aromatic rings. The van der Waals surface area contributed by atoms with Crippen LogP contribution in [0, 0.1) is 12.7 Å². The summed E-state index contributed by atoms with van der Waals surface area (Å²) in [6, 6.07) is 8.87. The van der Waals surface area contributed by atoms with E-state index in [1.807, 2.05) is 32.0 Å². The van der Waals surface area contributed by atoms with Crippen LogP contribution in [0.3, 0.4) is 0 Å². The van der Waals surface area contributed by atoms with Gasteiger partial charge in [-0.1, -0.05) is 13.0 Å². The van der Waals surface area contributed by atoms with Gasteiger partial charge in [-0.25, -0.2) is 12.8 Å². The largest absolute Gasteiger partial charge is 0.296 e. The Balaban J connectivity index is 1.57. The van der Waals surface area contributed by atoms with Crippen LogP contribution < -0.4 is 5.32 Å². The number of aryl methyl sites for hydroxylation is 1. The van der Waals surface area contributed by atoms with Gasteiger partial charge in [-0.2, -0.15) is 4.31 Å².